The molecule has 13 heteroatoms. The monoisotopic (exact) mass is 678 g/mol. The molecule has 2 aromatic carbocycles. The quantitative estimate of drug-likeness (QED) is 0.249. The second-order valence-corrected chi connectivity index (χ2v) is 13.9. The highest BCUT2D eigenvalue weighted by atomic mass is 19.1. The van der Waals surface area contributed by atoms with Gasteiger partial charge in [0.05, 0.1) is 19.5 Å². The summed E-state index contributed by atoms with van der Waals surface area (Å²) < 4.78 is 27.7. The molecule has 0 bridgehead atoms. The van der Waals surface area contributed by atoms with Crippen LogP contribution in [0.2, 0.25) is 0 Å². The van der Waals surface area contributed by atoms with Crippen molar-refractivity contribution < 1.29 is 33.0 Å². The molecule has 2 atom stereocenters. The topological polar surface area (TPSA) is 144 Å². The van der Waals surface area contributed by atoms with Crippen LogP contribution in [-0.2, 0) is 30.5 Å². The Hall–Kier alpha value is -4.78. The first-order valence-corrected chi connectivity index (χ1v) is 16.4. The van der Waals surface area contributed by atoms with Gasteiger partial charge in [0.25, 0.3) is 5.91 Å². The van der Waals surface area contributed by atoms with Crippen LogP contribution in [-0.4, -0.2) is 75.1 Å². The van der Waals surface area contributed by atoms with Crippen molar-refractivity contribution in [1.29, 1.82) is 0 Å². The van der Waals surface area contributed by atoms with Crippen LogP contribution in [0.15, 0.2) is 67.1 Å². The molecule has 0 saturated carbocycles. The Kier molecular flexibility index (Phi) is 12.2. The first-order valence-electron chi connectivity index (χ1n) is 16.4. The molecule has 0 aliphatic carbocycles. The van der Waals surface area contributed by atoms with Gasteiger partial charge >= 0.3 is 6.09 Å². The summed E-state index contributed by atoms with van der Waals surface area (Å²) in [4.78, 5) is 59.3. The number of imidazole rings is 1. The molecule has 1 unspecified atom stereocenters. The number of anilines is 1. The Balaban J connectivity index is 1.53. The van der Waals surface area contributed by atoms with Crippen molar-refractivity contribution >= 4 is 29.6 Å². The van der Waals surface area contributed by atoms with Crippen molar-refractivity contribution in [3.8, 4) is 0 Å². The number of nitrogens with zero attached hydrogens (tertiary/aromatic N) is 3. The van der Waals surface area contributed by atoms with Gasteiger partial charge in [-0.3, -0.25) is 14.4 Å². The van der Waals surface area contributed by atoms with Crippen LogP contribution < -0.4 is 16.0 Å². The second-order valence-electron chi connectivity index (χ2n) is 13.9. The molecule has 0 spiro atoms. The lowest BCUT2D eigenvalue weighted by molar-refractivity contribution is -0.135. The summed E-state index contributed by atoms with van der Waals surface area (Å²) in [5.41, 5.74) is -1.19. The SMILES string of the molecule is CC1CCN(C(=O)C(c2ccccc2F)n2cnc(NC(=O)[C@@H](COCc3ccccc3)NC(=O)C(C)(C)NC(=O)OC(C)(C)C)c2)CC1. The number of aromatic nitrogens is 2. The molecule has 0 radical (unpaired) electrons. The van der Waals surface area contributed by atoms with Gasteiger partial charge in [-0.05, 0) is 65.0 Å². The van der Waals surface area contributed by atoms with Crippen molar-refractivity contribution in [3.63, 3.8) is 0 Å². The molecule has 1 fully saturated rings. The highest BCUT2D eigenvalue weighted by molar-refractivity contribution is 5.98. The maximum Gasteiger partial charge on any atom is 0.408 e. The Morgan fingerprint density at radius 1 is 0.980 bits per heavy atom. The van der Waals surface area contributed by atoms with E-state index in [0.29, 0.717) is 19.0 Å². The van der Waals surface area contributed by atoms with Crippen LogP contribution >= 0.6 is 0 Å². The predicted molar refractivity (Wildman–Crippen MR) is 182 cm³/mol. The average molecular weight is 679 g/mol. The fraction of sp³-hybridized carbons (Fsp3) is 0.472. The molecule has 1 aromatic heterocycles. The Labute approximate surface area is 286 Å². The molecule has 264 valence electrons. The van der Waals surface area contributed by atoms with E-state index >= 15 is 4.39 Å². The molecule has 3 N–H and O–H groups in total. The van der Waals surface area contributed by atoms with E-state index in [-0.39, 0.29) is 30.5 Å². The Morgan fingerprint density at radius 3 is 2.29 bits per heavy atom. The normalized spacial score (nSPS) is 15.2. The van der Waals surface area contributed by atoms with Gasteiger partial charge in [0.1, 0.15) is 29.0 Å². The number of carbonyl (C=O) groups is 4. The van der Waals surface area contributed by atoms with Crippen LogP contribution in [0.1, 0.15) is 71.6 Å². The average Bonchev–Trinajstić information content (AvgIpc) is 3.48. The first-order chi connectivity index (χ1) is 23.1. The van der Waals surface area contributed by atoms with Crippen molar-refractivity contribution in [1.82, 2.24) is 25.1 Å². The molecule has 4 amide bonds. The molecule has 4 rings (SSSR count). The number of hydrogen-bond acceptors (Lipinski definition) is 7. The number of piperidine rings is 1. The number of rotatable bonds is 12. The third-order valence-electron chi connectivity index (χ3n) is 8.08. The first kappa shape index (κ1) is 37.0. The summed E-state index contributed by atoms with van der Waals surface area (Å²) in [6.07, 6.45) is 3.73. The van der Waals surface area contributed by atoms with E-state index in [1.807, 2.05) is 30.3 Å². The number of benzene rings is 2. The highest BCUT2D eigenvalue weighted by Crippen LogP contribution is 2.27. The fourth-order valence-electron chi connectivity index (χ4n) is 5.28. The van der Waals surface area contributed by atoms with Gasteiger partial charge in [-0.1, -0.05) is 55.5 Å². The number of halogens is 1. The van der Waals surface area contributed by atoms with Gasteiger partial charge in [0.15, 0.2) is 5.82 Å². The van der Waals surface area contributed by atoms with E-state index in [1.54, 1.807) is 43.9 Å². The van der Waals surface area contributed by atoms with Crippen LogP contribution in [0.3, 0.4) is 0 Å². The summed E-state index contributed by atoms with van der Waals surface area (Å²) in [6.45, 7) is 11.3. The molecule has 49 heavy (non-hydrogen) atoms. The number of ether oxygens (including phenoxy) is 2. The molecule has 3 aromatic rings. The van der Waals surface area contributed by atoms with Crippen molar-refractivity contribution in [2.75, 3.05) is 25.0 Å². The zero-order chi connectivity index (χ0) is 35.8. The minimum atomic E-state index is -1.46. The van der Waals surface area contributed by atoms with Crippen molar-refractivity contribution in [2.24, 2.45) is 5.92 Å². The Bertz CT molecular complexity index is 1600. The number of likely N-dealkylation sites (tertiary alicyclic amines) is 1. The van der Waals surface area contributed by atoms with E-state index in [1.165, 1.54) is 37.0 Å². The van der Waals surface area contributed by atoms with E-state index in [0.717, 1.165) is 18.4 Å². The molecular weight excluding hydrogens is 631 g/mol. The minimum Gasteiger partial charge on any atom is -0.444 e. The van der Waals surface area contributed by atoms with Crippen LogP contribution in [0.4, 0.5) is 15.0 Å². The Morgan fingerprint density at radius 2 is 1.63 bits per heavy atom. The third-order valence-corrected chi connectivity index (χ3v) is 8.08. The largest absolute Gasteiger partial charge is 0.444 e. The van der Waals surface area contributed by atoms with Gasteiger partial charge in [0.2, 0.25) is 11.8 Å². The third kappa shape index (κ3) is 10.6. The standard InChI is InChI=1S/C36H47FN6O6/c1-24-16-18-42(19-17-24)32(45)30(26-14-10-11-15-27(26)37)43-20-29(38-23-43)40-31(44)28(22-48-21-25-12-8-7-9-13-25)39-33(46)36(5,6)41-34(47)49-35(2,3)4/h7-15,20,23-24,28,30H,16-19,21-22H2,1-6H3,(H,39,46)(H,40,44)(H,41,47)/t28-,30?/m1/s1. The van der Waals surface area contributed by atoms with Gasteiger partial charge < -0.3 is 34.9 Å². The highest BCUT2D eigenvalue weighted by Gasteiger charge is 2.35. The van der Waals surface area contributed by atoms with Crippen LogP contribution in [0, 0.1) is 11.7 Å². The van der Waals surface area contributed by atoms with Gasteiger partial charge in [0, 0.05) is 24.8 Å². The number of alkyl carbamates (subject to hydrolysis) is 1. The lowest BCUT2D eigenvalue weighted by atomic mass is 9.97. The summed E-state index contributed by atoms with van der Waals surface area (Å²) >= 11 is 0. The van der Waals surface area contributed by atoms with Gasteiger partial charge in [-0.25, -0.2) is 14.2 Å². The minimum absolute atomic E-state index is 0.0832. The van der Waals surface area contributed by atoms with Crippen LogP contribution in [0.5, 0.6) is 0 Å². The van der Waals surface area contributed by atoms with Gasteiger partial charge in [-0.2, -0.15) is 0 Å². The summed E-state index contributed by atoms with van der Waals surface area (Å²) in [5, 5.41) is 7.89. The van der Waals surface area contributed by atoms with E-state index < -0.39 is 46.9 Å². The number of hydrogen-bond donors (Lipinski definition) is 3. The molecule has 2 heterocycles. The number of carbonyl (C=O) groups excluding carboxylic acids is 4. The smallest absolute Gasteiger partial charge is 0.408 e. The van der Waals surface area contributed by atoms with E-state index in [9.17, 15) is 19.2 Å². The molecule has 1 aliphatic heterocycles. The molecule has 1 saturated heterocycles. The zero-order valence-corrected chi connectivity index (χ0v) is 29.0. The van der Waals surface area contributed by atoms with Crippen molar-refractivity contribution in [3.05, 3.63) is 84.1 Å². The fourth-order valence-corrected chi connectivity index (χ4v) is 5.28. The molecule has 12 nitrogen and oxygen atoms in total. The summed E-state index contributed by atoms with van der Waals surface area (Å²) in [7, 11) is 0. The zero-order valence-electron chi connectivity index (χ0n) is 29.0. The lowest BCUT2D eigenvalue weighted by Gasteiger charge is -2.33. The van der Waals surface area contributed by atoms with E-state index in [4.69, 9.17) is 9.47 Å². The van der Waals surface area contributed by atoms with Gasteiger partial charge in [-0.15, -0.1) is 0 Å². The molecular formula is C36H47FN6O6. The van der Waals surface area contributed by atoms with Crippen molar-refractivity contribution in [2.45, 2.75) is 84.2 Å². The summed E-state index contributed by atoms with van der Waals surface area (Å²) in [6, 6.07) is 13.2. The maximum absolute atomic E-state index is 15.1. The number of nitrogens with one attached hydrogen (secondary N) is 3. The van der Waals surface area contributed by atoms with Crippen LogP contribution in [0.25, 0.3) is 0 Å². The number of amides is 4. The predicted octanol–water partition coefficient (Wildman–Crippen LogP) is 4.81. The lowest BCUT2D eigenvalue weighted by Crippen LogP contribution is -2.59. The summed E-state index contributed by atoms with van der Waals surface area (Å²) in [5.74, 6) is -1.54. The maximum atomic E-state index is 15.1. The van der Waals surface area contributed by atoms with E-state index in [2.05, 4.69) is 27.9 Å². The molecule has 1 aliphatic rings. The second kappa shape index (κ2) is 16.1.